The number of aromatic nitrogens is 3. The molecule has 0 fully saturated rings. The quantitative estimate of drug-likeness (QED) is 0.513. The first-order chi connectivity index (χ1) is 12.8. The van der Waals surface area contributed by atoms with Gasteiger partial charge in [-0.2, -0.15) is 0 Å². The number of nitrogens with zero attached hydrogens (tertiary/aromatic N) is 3. The predicted octanol–water partition coefficient (Wildman–Crippen LogP) is 4.44. The van der Waals surface area contributed by atoms with Gasteiger partial charge in [0.2, 0.25) is 0 Å². The molecule has 2 heterocycles. The van der Waals surface area contributed by atoms with Gasteiger partial charge in [0.15, 0.2) is 9.84 Å². The van der Waals surface area contributed by atoms with Gasteiger partial charge in [-0.05, 0) is 43.7 Å². The van der Waals surface area contributed by atoms with Crippen LogP contribution in [-0.4, -0.2) is 29.9 Å². The zero-order chi connectivity index (χ0) is 19.2. The van der Waals surface area contributed by atoms with Crippen molar-refractivity contribution in [1.82, 2.24) is 15.2 Å². The van der Waals surface area contributed by atoms with Crippen molar-refractivity contribution in [3.8, 4) is 21.8 Å². The topological polar surface area (TPSA) is 72.8 Å². The third-order valence-electron chi connectivity index (χ3n) is 4.37. The van der Waals surface area contributed by atoms with Crippen LogP contribution in [0.15, 0.2) is 53.4 Å². The van der Waals surface area contributed by atoms with E-state index in [1.54, 1.807) is 35.6 Å². The third kappa shape index (κ3) is 3.48. The number of fused-ring (bicyclic) bond motifs is 1. The molecule has 2 aromatic heterocycles. The van der Waals surface area contributed by atoms with Crippen molar-refractivity contribution in [3.63, 3.8) is 0 Å². The molecule has 0 N–H and O–H groups in total. The molecule has 136 valence electrons. The summed E-state index contributed by atoms with van der Waals surface area (Å²) in [5.74, 6) is 0. The molecule has 4 rings (SSSR count). The van der Waals surface area contributed by atoms with Crippen LogP contribution in [-0.2, 0) is 9.84 Å². The lowest BCUT2D eigenvalue weighted by molar-refractivity contribution is 0.602. The van der Waals surface area contributed by atoms with E-state index in [1.165, 1.54) is 6.26 Å². The molecule has 2 aromatic carbocycles. The second-order valence-corrected chi connectivity index (χ2v) is 9.68. The molecule has 0 amide bonds. The first kappa shape index (κ1) is 17.8. The van der Waals surface area contributed by atoms with E-state index in [0.717, 1.165) is 43.3 Å². The van der Waals surface area contributed by atoms with E-state index in [9.17, 15) is 8.42 Å². The van der Waals surface area contributed by atoms with E-state index < -0.39 is 9.84 Å². The average molecular weight is 396 g/mol. The summed E-state index contributed by atoms with van der Waals surface area (Å²) in [4.78, 5) is 5.10. The predicted molar refractivity (Wildman–Crippen MR) is 109 cm³/mol. The van der Waals surface area contributed by atoms with Crippen LogP contribution in [0.3, 0.4) is 0 Å². The molecule has 0 aliphatic carbocycles. The standard InChI is InChI=1S/C20H17N3O2S2/c1-12-10-18(14-4-7-16(8-5-14)27(3,24)25)21-19-11-15(6-9-17(12)19)20-23-22-13(2)26-20/h4-11H,1-3H3. The van der Waals surface area contributed by atoms with Crippen LogP contribution in [0.4, 0.5) is 0 Å². The van der Waals surface area contributed by atoms with Crippen LogP contribution < -0.4 is 0 Å². The van der Waals surface area contributed by atoms with Crippen LogP contribution >= 0.6 is 11.3 Å². The molecule has 0 radical (unpaired) electrons. The number of pyridine rings is 1. The molecule has 0 spiro atoms. The molecule has 4 aromatic rings. The Hall–Kier alpha value is -2.64. The fourth-order valence-corrected chi connectivity index (χ4v) is 4.29. The van der Waals surface area contributed by atoms with Gasteiger partial charge >= 0.3 is 0 Å². The first-order valence-corrected chi connectivity index (χ1v) is 11.0. The first-order valence-electron chi connectivity index (χ1n) is 8.34. The molecule has 5 nitrogen and oxygen atoms in total. The van der Waals surface area contributed by atoms with E-state index in [2.05, 4.69) is 16.3 Å². The Labute approximate surface area is 161 Å². The fourth-order valence-electron chi connectivity index (χ4n) is 2.97. The normalized spacial score (nSPS) is 11.8. The monoisotopic (exact) mass is 395 g/mol. The van der Waals surface area contributed by atoms with Gasteiger partial charge in [-0.1, -0.05) is 35.6 Å². The van der Waals surface area contributed by atoms with E-state index in [0.29, 0.717) is 4.90 Å². The molecule has 0 saturated heterocycles. The molecule has 0 aliphatic heterocycles. The summed E-state index contributed by atoms with van der Waals surface area (Å²) in [6.07, 6.45) is 1.21. The van der Waals surface area contributed by atoms with Crippen LogP contribution in [0, 0.1) is 13.8 Å². The van der Waals surface area contributed by atoms with E-state index in [-0.39, 0.29) is 0 Å². The highest BCUT2D eigenvalue weighted by atomic mass is 32.2. The highest BCUT2D eigenvalue weighted by Crippen LogP contribution is 2.30. The summed E-state index contributed by atoms with van der Waals surface area (Å²) >= 11 is 1.55. The maximum absolute atomic E-state index is 11.7. The zero-order valence-electron chi connectivity index (χ0n) is 15.1. The number of rotatable bonds is 3. The van der Waals surface area contributed by atoms with Gasteiger partial charge in [0.25, 0.3) is 0 Å². The SMILES string of the molecule is Cc1nnc(-c2ccc3c(C)cc(-c4ccc(S(C)(=O)=O)cc4)nc3c2)s1. The Morgan fingerprint density at radius 3 is 2.22 bits per heavy atom. The maximum atomic E-state index is 11.7. The van der Waals surface area contributed by atoms with Crippen molar-refractivity contribution in [2.45, 2.75) is 18.7 Å². The van der Waals surface area contributed by atoms with Gasteiger partial charge in [-0.15, -0.1) is 10.2 Å². The minimum Gasteiger partial charge on any atom is -0.248 e. The number of hydrogen-bond donors (Lipinski definition) is 0. The van der Waals surface area contributed by atoms with Crippen molar-refractivity contribution in [1.29, 1.82) is 0 Å². The van der Waals surface area contributed by atoms with Gasteiger partial charge < -0.3 is 0 Å². The Balaban J connectivity index is 1.82. The summed E-state index contributed by atoms with van der Waals surface area (Å²) in [7, 11) is -3.21. The lowest BCUT2D eigenvalue weighted by Crippen LogP contribution is -1.96. The van der Waals surface area contributed by atoms with Crippen LogP contribution in [0.2, 0.25) is 0 Å². The summed E-state index contributed by atoms with van der Waals surface area (Å²) in [5.41, 5.74) is 4.67. The van der Waals surface area contributed by atoms with Gasteiger partial charge in [0.1, 0.15) is 10.0 Å². The van der Waals surface area contributed by atoms with Crippen LogP contribution in [0.5, 0.6) is 0 Å². The molecule has 0 unspecified atom stereocenters. The molecule has 0 aliphatic rings. The Kier molecular flexibility index (Phi) is 4.28. The molecule has 7 heteroatoms. The molecular formula is C20H17N3O2S2. The highest BCUT2D eigenvalue weighted by molar-refractivity contribution is 7.90. The second-order valence-electron chi connectivity index (χ2n) is 6.48. The highest BCUT2D eigenvalue weighted by Gasteiger charge is 2.11. The minimum atomic E-state index is -3.21. The summed E-state index contributed by atoms with van der Waals surface area (Å²) in [5, 5.41) is 11.2. The van der Waals surface area contributed by atoms with E-state index in [1.807, 2.05) is 32.0 Å². The molecule has 0 bridgehead atoms. The largest absolute Gasteiger partial charge is 0.248 e. The average Bonchev–Trinajstić information content (AvgIpc) is 3.07. The van der Waals surface area contributed by atoms with E-state index in [4.69, 9.17) is 4.98 Å². The fraction of sp³-hybridized carbons (Fsp3) is 0.150. The summed E-state index contributed by atoms with van der Waals surface area (Å²) in [6, 6.07) is 15.0. The summed E-state index contributed by atoms with van der Waals surface area (Å²) < 4.78 is 23.3. The number of aryl methyl sites for hydroxylation is 2. The van der Waals surface area contributed by atoms with Gasteiger partial charge in [0, 0.05) is 22.8 Å². The lowest BCUT2D eigenvalue weighted by Gasteiger charge is -2.08. The van der Waals surface area contributed by atoms with Crippen molar-refractivity contribution >= 4 is 32.1 Å². The Morgan fingerprint density at radius 1 is 0.889 bits per heavy atom. The molecule has 27 heavy (non-hydrogen) atoms. The van der Waals surface area contributed by atoms with Crippen molar-refractivity contribution < 1.29 is 8.42 Å². The smallest absolute Gasteiger partial charge is 0.175 e. The second kappa shape index (κ2) is 6.51. The molecule has 0 saturated carbocycles. The van der Waals surface area contributed by atoms with Crippen LogP contribution in [0.1, 0.15) is 10.6 Å². The number of sulfone groups is 1. The molecule has 0 atom stereocenters. The Bertz CT molecular complexity index is 1260. The van der Waals surface area contributed by atoms with Crippen LogP contribution in [0.25, 0.3) is 32.7 Å². The van der Waals surface area contributed by atoms with E-state index >= 15 is 0 Å². The third-order valence-corrected chi connectivity index (χ3v) is 6.38. The lowest BCUT2D eigenvalue weighted by atomic mass is 10.0. The maximum Gasteiger partial charge on any atom is 0.175 e. The Morgan fingerprint density at radius 2 is 1.59 bits per heavy atom. The zero-order valence-corrected chi connectivity index (χ0v) is 16.7. The molecular weight excluding hydrogens is 378 g/mol. The number of hydrogen-bond acceptors (Lipinski definition) is 6. The van der Waals surface area contributed by atoms with Crippen molar-refractivity contribution in [2.75, 3.05) is 6.26 Å². The van der Waals surface area contributed by atoms with Gasteiger partial charge in [-0.3, -0.25) is 0 Å². The van der Waals surface area contributed by atoms with Gasteiger partial charge in [-0.25, -0.2) is 13.4 Å². The van der Waals surface area contributed by atoms with Crippen molar-refractivity contribution in [3.05, 3.63) is 59.1 Å². The summed E-state index contributed by atoms with van der Waals surface area (Å²) in [6.45, 7) is 3.98. The van der Waals surface area contributed by atoms with Gasteiger partial charge in [0.05, 0.1) is 16.1 Å². The van der Waals surface area contributed by atoms with Crippen molar-refractivity contribution in [2.24, 2.45) is 0 Å². The number of benzene rings is 2. The minimum absolute atomic E-state index is 0.303.